The molecule has 0 saturated carbocycles. The second kappa shape index (κ2) is 9.37. The van der Waals surface area contributed by atoms with Crippen LogP contribution >= 0.6 is 0 Å². The monoisotopic (exact) mass is 398 g/mol. The molecule has 0 radical (unpaired) electrons. The standard InChI is InChI=1S/C25H26N4O/c1-19-10-6-7-14-22(19)18-29-27-23(25(28-29)20-11-4-3-5-12-20)17-26-16-21-13-8-9-15-24(21)30-2/h3-15,26H,16-18H2,1-2H3. The van der Waals surface area contributed by atoms with Crippen LogP contribution < -0.4 is 10.1 Å². The van der Waals surface area contributed by atoms with Gasteiger partial charge in [0.1, 0.15) is 17.1 Å². The third-order valence-corrected chi connectivity index (χ3v) is 5.15. The molecule has 0 amide bonds. The molecule has 0 unspecified atom stereocenters. The number of hydrogen-bond acceptors (Lipinski definition) is 4. The largest absolute Gasteiger partial charge is 0.496 e. The number of aromatic nitrogens is 3. The highest BCUT2D eigenvalue weighted by atomic mass is 16.5. The van der Waals surface area contributed by atoms with Gasteiger partial charge in [0.2, 0.25) is 0 Å². The Labute approximate surface area is 177 Å². The Morgan fingerprint density at radius 3 is 2.27 bits per heavy atom. The van der Waals surface area contributed by atoms with E-state index < -0.39 is 0 Å². The molecule has 1 aromatic heterocycles. The number of aryl methyl sites for hydroxylation is 1. The highest BCUT2D eigenvalue weighted by Gasteiger charge is 2.14. The highest BCUT2D eigenvalue weighted by Crippen LogP contribution is 2.21. The highest BCUT2D eigenvalue weighted by molar-refractivity contribution is 5.60. The van der Waals surface area contributed by atoms with E-state index in [1.54, 1.807) is 11.9 Å². The zero-order valence-corrected chi connectivity index (χ0v) is 17.4. The summed E-state index contributed by atoms with van der Waals surface area (Å²) in [5.41, 5.74) is 6.50. The summed E-state index contributed by atoms with van der Waals surface area (Å²) in [5.74, 6) is 0.886. The van der Waals surface area contributed by atoms with Crippen molar-refractivity contribution >= 4 is 0 Å². The van der Waals surface area contributed by atoms with Gasteiger partial charge < -0.3 is 10.1 Å². The maximum absolute atomic E-state index is 5.45. The van der Waals surface area contributed by atoms with Crippen LogP contribution in [-0.4, -0.2) is 22.1 Å². The summed E-state index contributed by atoms with van der Waals surface area (Å²) in [5, 5.41) is 13.1. The minimum atomic E-state index is 0.621. The number of methoxy groups -OCH3 is 1. The SMILES string of the molecule is COc1ccccc1CNCc1nn(Cc2ccccc2C)nc1-c1ccccc1. The molecule has 0 aliphatic rings. The predicted molar refractivity (Wildman–Crippen MR) is 119 cm³/mol. The van der Waals surface area contributed by atoms with Gasteiger partial charge in [-0.1, -0.05) is 72.8 Å². The Morgan fingerprint density at radius 2 is 1.50 bits per heavy atom. The lowest BCUT2D eigenvalue weighted by Gasteiger charge is -2.09. The second-order valence-electron chi connectivity index (χ2n) is 7.23. The summed E-state index contributed by atoms with van der Waals surface area (Å²) in [6, 6.07) is 26.6. The van der Waals surface area contributed by atoms with Crippen LogP contribution in [-0.2, 0) is 19.6 Å². The van der Waals surface area contributed by atoms with Gasteiger partial charge in [0.15, 0.2) is 0 Å². The molecule has 1 N–H and O–H groups in total. The molecule has 0 bridgehead atoms. The van der Waals surface area contributed by atoms with Gasteiger partial charge in [-0.25, -0.2) is 0 Å². The first kappa shape index (κ1) is 19.9. The minimum Gasteiger partial charge on any atom is -0.496 e. The van der Waals surface area contributed by atoms with Crippen molar-refractivity contribution in [3.05, 3.63) is 101 Å². The number of ether oxygens (including phenoxy) is 1. The first-order valence-corrected chi connectivity index (χ1v) is 10.1. The van der Waals surface area contributed by atoms with Crippen LogP contribution in [0.1, 0.15) is 22.4 Å². The van der Waals surface area contributed by atoms with Gasteiger partial charge in [-0.2, -0.15) is 15.0 Å². The molecule has 0 aliphatic carbocycles. The van der Waals surface area contributed by atoms with Crippen LogP contribution in [0.25, 0.3) is 11.3 Å². The van der Waals surface area contributed by atoms with Crippen molar-refractivity contribution in [3.63, 3.8) is 0 Å². The van der Waals surface area contributed by atoms with Crippen molar-refractivity contribution in [2.75, 3.05) is 7.11 Å². The van der Waals surface area contributed by atoms with Crippen LogP contribution in [0.3, 0.4) is 0 Å². The summed E-state index contributed by atoms with van der Waals surface area (Å²) in [6.07, 6.45) is 0. The smallest absolute Gasteiger partial charge is 0.123 e. The first-order chi connectivity index (χ1) is 14.7. The van der Waals surface area contributed by atoms with Crippen LogP contribution in [0.5, 0.6) is 5.75 Å². The van der Waals surface area contributed by atoms with Gasteiger partial charge in [-0.15, -0.1) is 0 Å². The number of nitrogens with zero attached hydrogens (tertiary/aromatic N) is 3. The van der Waals surface area contributed by atoms with Crippen molar-refractivity contribution in [3.8, 4) is 17.0 Å². The number of nitrogens with one attached hydrogen (secondary N) is 1. The van der Waals surface area contributed by atoms with E-state index in [1.165, 1.54) is 11.1 Å². The van der Waals surface area contributed by atoms with Crippen LogP contribution in [0.2, 0.25) is 0 Å². The lowest BCUT2D eigenvalue weighted by Crippen LogP contribution is -2.14. The van der Waals surface area contributed by atoms with E-state index in [2.05, 4.69) is 54.7 Å². The van der Waals surface area contributed by atoms with E-state index >= 15 is 0 Å². The Balaban J connectivity index is 1.56. The molecule has 4 rings (SSSR count). The summed E-state index contributed by atoms with van der Waals surface area (Å²) < 4.78 is 5.45. The third-order valence-electron chi connectivity index (χ3n) is 5.15. The van der Waals surface area contributed by atoms with Gasteiger partial charge in [-0.05, 0) is 24.1 Å². The Morgan fingerprint density at radius 1 is 0.800 bits per heavy atom. The van der Waals surface area contributed by atoms with Crippen molar-refractivity contribution in [2.24, 2.45) is 0 Å². The normalized spacial score (nSPS) is 10.9. The lowest BCUT2D eigenvalue weighted by atomic mass is 10.1. The fourth-order valence-corrected chi connectivity index (χ4v) is 3.50. The minimum absolute atomic E-state index is 0.621. The molecule has 5 heteroatoms. The van der Waals surface area contributed by atoms with Gasteiger partial charge in [0, 0.05) is 24.2 Å². The topological polar surface area (TPSA) is 52.0 Å². The quantitative estimate of drug-likeness (QED) is 0.471. The van der Waals surface area contributed by atoms with Gasteiger partial charge in [0.05, 0.1) is 13.7 Å². The summed E-state index contributed by atoms with van der Waals surface area (Å²) in [4.78, 5) is 1.80. The number of hydrogen-bond donors (Lipinski definition) is 1. The Bertz CT molecular complexity index is 1110. The number of rotatable bonds is 8. The molecule has 0 atom stereocenters. The predicted octanol–water partition coefficient (Wildman–Crippen LogP) is 4.60. The van der Waals surface area contributed by atoms with E-state index in [0.29, 0.717) is 19.6 Å². The Hall–Kier alpha value is -3.44. The van der Waals surface area contributed by atoms with E-state index in [1.807, 2.05) is 36.4 Å². The molecule has 152 valence electrons. The molecule has 5 nitrogen and oxygen atoms in total. The first-order valence-electron chi connectivity index (χ1n) is 10.1. The molecule has 3 aromatic carbocycles. The molecule has 0 spiro atoms. The second-order valence-corrected chi connectivity index (χ2v) is 7.23. The maximum Gasteiger partial charge on any atom is 0.123 e. The fourth-order valence-electron chi connectivity index (χ4n) is 3.50. The van der Waals surface area contributed by atoms with Crippen molar-refractivity contribution in [1.29, 1.82) is 0 Å². The lowest BCUT2D eigenvalue weighted by molar-refractivity contribution is 0.407. The van der Waals surface area contributed by atoms with Crippen LogP contribution in [0.15, 0.2) is 78.9 Å². The Kier molecular flexibility index (Phi) is 6.20. The van der Waals surface area contributed by atoms with Crippen molar-refractivity contribution in [1.82, 2.24) is 20.3 Å². The third kappa shape index (κ3) is 4.58. The zero-order valence-electron chi connectivity index (χ0n) is 17.4. The molecule has 0 aliphatic heterocycles. The van der Waals surface area contributed by atoms with E-state index in [-0.39, 0.29) is 0 Å². The van der Waals surface area contributed by atoms with E-state index in [0.717, 1.165) is 28.3 Å². The van der Waals surface area contributed by atoms with Crippen LogP contribution in [0, 0.1) is 6.92 Å². The average Bonchev–Trinajstić information content (AvgIpc) is 3.19. The van der Waals surface area contributed by atoms with Crippen molar-refractivity contribution < 1.29 is 4.74 Å². The fraction of sp³-hybridized carbons (Fsp3) is 0.200. The summed E-state index contributed by atoms with van der Waals surface area (Å²) in [7, 11) is 1.70. The zero-order chi connectivity index (χ0) is 20.8. The molecular weight excluding hydrogens is 372 g/mol. The van der Waals surface area contributed by atoms with E-state index in [4.69, 9.17) is 14.9 Å². The molecule has 0 saturated heterocycles. The molecule has 30 heavy (non-hydrogen) atoms. The molecular formula is C25H26N4O. The summed E-state index contributed by atoms with van der Waals surface area (Å²) >= 11 is 0. The van der Waals surface area contributed by atoms with E-state index in [9.17, 15) is 0 Å². The number of para-hydroxylation sites is 1. The van der Waals surface area contributed by atoms with Crippen LogP contribution in [0.4, 0.5) is 0 Å². The number of benzene rings is 3. The van der Waals surface area contributed by atoms with Gasteiger partial charge >= 0.3 is 0 Å². The molecule has 0 fully saturated rings. The van der Waals surface area contributed by atoms with Gasteiger partial charge in [0.25, 0.3) is 0 Å². The maximum atomic E-state index is 5.45. The van der Waals surface area contributed by atoms with Crippen molar-refractivity contribution in [2.45, 2.75) is 26.6 Å². The summed E-state index contributed by atoms with van der Waals surface area (Å²) in [6.45, 7) is 4.09. The molecule has 1 heterocycles. The van der Waals surface area contributed by atoms with Gasteiger partial charge in [-0.3, -0.25) is 0 Å². The molecule has 4 aromatic rings. The average molecular weight is 399 g/mol.